The molecule has 4 heteroatoms. The van der Waals surface area contributed by atoms with Gasteiger partial charge in [-0.25, -0.2) is 0 Å². The molecule has 0 unspecified atom stereocenters. The van der Waals surface area contributed by atoms with Crippen molar-refractivity contribution in [2.75, 3.05) is 32.1 Å². The second kappa shape index (κ2) is 4.19. The quantitative estimate of drug-likeness (QED) is 0.589. The highest BCUT2D eigenvalue weighted by Gasteiger charge is 2.08. The molecule has 0 spiro atoms. The lowest BCUT2D eigenvalue weighted by atomic mass is 10.1. The Hall–Kier alpha value is -1.42. The van der Waals surface area contributed by atoms with Crippen molar-refractivity contribution in [1.82, 2.24) is 0 Å². The monoisotopic (exact) mass is 196 g/mol. The zero-order valence-electron chi connectivity index (χ0n) is 9.00. The molecule has 1 aromatic carbocycles. The molecule has 2 N–H and O–H groups in total. The maximum Gasteiger partial charge on any atom is 0.124 e. The van der Waals surface area contributed by atoms with Crippen LogP contribution in [0.2, 0.25) is 0 Å². The molecule has 4 nitrogen and oxygen atoms in total. The molecule has 0 heterocycles. The zero-order chi connectivity index (χ0) is 10.7. The first-order valence-electron chi connectivity index (χ1n) is 4.32. The smallest absolute Gasteiger partial charge is 0.124 e. The Labute approximate surface area is 84.2 Å². The van der Waals surface area contributed by atoms with E-state index in [1.165, 1.54) is 0 Å². The molecule has 0 bridgehead atoms. The summed E-state index contributed by atoms with van der Waals surface area (Å²) in [6, 6.07) is 3.72. The van der Waals surface area contributed by atoms with Crippen LogP contribution in [0.1, 0.15) is 5.56 Å². The third-order valence-electron chi connectivity index (χ3n) is 2.16. The van der Waals surface area contributed by atoms with Crippen LogP contribution in [-0.2, 0) is 4.84 Å². The number of benzene rings is 1. The van der Waals surface area contributed by atoms with Crippen LogP contribution in [0.5, 0.6) is 5.75 Å². The molecule has 0 atom stereocenters. The molecule has 0 fully saturated rings. The fourth-order valence-corrected chi connectivity index (χ4v) is 1.29. The predicted molar refractivity (Wildman–Crippen MR) is 57.6 cm³/mol. The first kappa shape index (κ1) is 10.7. The van der Waals surface area contributed by atoms with E-state index in [4.69, 9.17) is 15.3 Å². The van der Waals surface area contributed by atoms with Crippen LogP contribution < -0.4 is 15.5 Å². The number of hydrogen-bond donors (Lipinski definition) is 1. The van der Waals surface area contributed by atoms with Crippen LogP contribution in [0, 0.1) is 6.92 Å². The van der Waals surface area contributed by atoms with Gasteiger partial charge in [-0.05, 0) is 18.6 Å². The van der Waals surface area contributed by atoms with Gasteiger partial charge in [-0.3, -0.25) is 9.90 Å². The standard InChI is InChI=1S/C10H16N2O2/c1-7-5-8(11)9(12(2)14-4)6-10(7)13-3/h5-6H,11H2,1-4H3. The first-order chi connectivity index (χ1) is 6.60. The van der Waals surface area contributed by atoms with E-state index in [0.29, 0.717) is 5.69 Å². The number of hydroxylamine groups is 1. The summed E-state index contributed by atoms with van der Waals surface area (Å²) in [4.78, 5) is 5.05. The summed E-state index contributed by atoms with van der Waals surface area (Å²) in [6.07, 6.45) is 0. The van der Waals surface area contributed by atoms with E-state index in [2.05, 4.69) is 0 Å². The Morgan fingerprint density at radius 3 is 2.43 bits per heavy atom. The van der Waals surface area contributed by atoms with E-state index < -0.39 is 0 Å². The van der Waals surface area contributed by atoms with Crippen molar-refractivity contribution in [3.63, 3.8) is 0 Å². The molecular formula is C10H16N2O2. The predicted octanol–water partition coefficient (Wildman–Crippen LogP) is 1.58. The molecule has 1 rings (SSSR count). The molecular weight excluding hydrogens is 180 g/mol. The van der Waals surface area contributed by atoms with Gasteiger partial charge in [0.15, 0.2) is 0 Å². The molecule has 14 heavy (non-hydrogen) atoms. The maximum atomic E-state index is 5.84. The van der Waals surface area contributed by atoms with Crippen molar-refractivity contribution >= 4 is 11.4 Å². The lowest BCUT2D eigenvalue weighted by molar-refractivity contribution is 0.185. The van der Waals surface area contributed by atoms with Crippen molar-refractivity contribution in [3.8, 4) is 5.75 Å². The van der Waals surface area contributed by atoms with Gasteiger partial charge in [0.2, 0.25) is 0 Å². The Morgan fingerprint density at radius 1 is 1.29 bits per heavy atom. The summed E-state index contributed by atoms with van der Waals surface area (Å²) in [5, 5.41) is 1.59. The van der Waals surface area contributed by atoms with E-state index in [1.807, 2.05) is 19.1 Å². The van der Waals surface area contributed by atoms with Crippen LogP contribution in [0.4, 0.5) is 11.4 Å². The number of nitrogens with two attached hydrogens (primary N) is 1. The van der Waals surface area contributed by atoms with Gasteiger partial charge in [-0.1, -0.05) is 0 Å². The molecule has 1 aromatic rings. The van der Waals surface area contributed by atoms with Gasteiger partial charge in [0.25, 0.3) is 0 Å². The number of hydrogen-bond acceptors (Lipinski definition) is 4. The topological polar surface area (TPSA) is 47.7 Å². The van der Waals surface area contributed by atoms with E-state index in [9.17, 15) is 0 Å². The van der Waals surface area contributed by atoms with Crippen LogP contribution in [0.25, 0.3) is 0 Å². The first-order valence-corrected chi connectivity index (χ1v) is 4.32. The molecule has 0 amide bonds. The highest BCUT2D eigenvalue weighted by Crippen LogP contribution is 2.30. The van der Waals surface area contributed by atoms with E-state index in [0.717, 1.165) is 17.0 Å². The van der Waals surface area contributed by atoms with Gasteiger partial charge in [-0.15, -0.1) is 0 Å². The Balaban J connectivity index is 3.17. The number of nitrogens with zero attached hydrogens (tertiary/aromatic N) is 1. The maximum absolute atomic E-state index is 5.84. The molecule has 0 saturated heterocycles. The second-order valence-corrected chi connectivity index (χ2v) is 3.06. The van der Waals surface area contributed by atoms with E-state index >= 15 is 0 Å². The SMILES string of the molecule is COc1cc(N(C)OC)c(N)cc1C. The van der Waals surface area contributed by atoms with Crippen molar-refractivity contribution in [3.05, 3.63) is 17.7 Å². The molecule has 0 aromatic heterocycles. The normalized spacial score (nSPS) is 10.0. The minimum absolute atomic E-state index is 0.674. The molecule has 78 valence electrons. The number of rotatable bonds is 3. The van der Waals surface area contributed by atoms with Gasteiger partial charge in [0.1, 0.15) is 5.75 Å². The summed E-state index contributed by atoms with van der Waals surface area (Å²) < 4.78 is 5.20. The van der Waals surface area contributed by atoms with Gasteiger partial charge in [-0.2, -0.15) is 0 Å². The zero-order valence-corrected chi connectivity index (χ0v) is 9.00. The third kappa shape index (κ3) is 1.90. The lowest BCUT2D eigenvalue weighted by Gasteiger charge is -2.19. The molecule has 0 aliphatic heterocycles. The molecule has 0 saturated carbocycles. The second-order valence-electron chi connectivity index (χ2n) is 3.06. The van der Waals surface area contributed by atoms with Crippen molar-refractivity contribution < 1.29 is 9.57 Å². The average Bonchev–Trinajstić information content (AvgIpc) is 2.17. The van der Waals surface area contributed by atoms with Gasteiger partial charge in [0, 0.05) is 13.1 Å². The Morgan fingerprint density at radius 2 is 1.93 bits per heavy atom. The Kier molecular flexibility index (Phi) is 3.19. The molecule has 0 radical (unpaired) electrons. The van der Waals surface area contributed by atoms with Gasteiger partial charge >= 0.3 is 0 Å². The van der Waals surface area contributed by atoms with Crippen LogP contribution >= 0.6 is 0 Å². The number of nitrogen functional groups attached to an aromatic ring is 1. The van der Waals surface area contributed by atoms with E-state index in [-0.39, 0.29) is 0 Å². The molecule has 0 aliphatic carbocycles. The summed E-state index contributed by atoms with van der Waals surface area (Å²) in [5.41, 5.74) is 8.33. The molecule has 0 aliphatic rings. The lowest BCUT2D eigenvalue weighted by Crippen LogP contribution is -2.16. The van der Waals surface area contributed by atoms with Crippen molar-refractivity contribution in [1.29, 1.82) is 0 Å². The fraction of sp³-hybridized carbons (Fsp3) is 0.400. The van der Waals surface area contributed by atoms with Crippen LogP contribution in [-0.4, -0.2) is 21.3 Å². The highest BCUT2D eigenvalue weighted by atomic mass is 16.7. The summed E-state index contributed by atoms with van der Waals surface area (Å²) in [6.45, 7) is 1.95. The summed E-state index contributed by atoms with van der Waals surface area (Å²) >= 11 is 0. The number of aryl methyl sites for hydroxylation is 1. The number of ether oxygens (including phenoxy) is 1. The minimum atomic E-state index is 0.674. The van der Waals surface area contributed by atoms with Crippen molar-refractivity contribution in [2.24, 2.45) is 0 Å². The summed E-state index contributed by atoms with van der Waals surface area (Å²) in [7, 11) is 5.02. The third-order valence-corrected chi connectivity index (χ3v) is 2.16. The van der Waals surface area contributed by atoms with Crippen molar-refractivity contribution in [2.45, 2.75) is 6.92 Å². The van der Waals surface area contributed by atoms with Crippen LogP contribution in [0.3, 0.4) is 0 Å². The fourth-order valence-electron chi connectivity index (χ4n) is 1.29. The number of methoxy groups -OCH3 is 1. The summed E-state index contributed by atoms with van der Waals surface area (Å²) in [5.74, 6) is 0.804. The minimum Gasteiger partial charge on any atom is -0.496 e. The largest absolute Gasteiger partial charge is 0.496 e. The van der Waals surface area contributed by atoms with Gasteiger partial charge < -0.3 is 10.5 Å². The Bertz CT molecular complexity index is 326. The van der Waals surface area contributed by atoms with Crippen LogP contribution in [0.15, 0.2) is 12.1 Å². The highest BCUT2D eigenvalue weighted by molar-refractivity contribution is 5.70. The number of anilines is 2. The van der Waals surface area contributed by atoms with Gasteiger partial charge in [0.05, 0.1) is 25.6 Å². The average molecular weight is 196 g/mol. The van der Waals surface area contributed by atoms with E-state index in [1.54, 1.807) is 26.3 Å².